The van der Waals surface area contributed by atoms with Gasteiger partial charge in [0.25, 0.3) is 0 Å². The Hall–Kier alpha value is -3.08. The average molecular weight is 336 g/mol. The summed E-state index contributed by atoms with van der Waals surface area (Å²) in [6, 6.07) is 15.3. The summed E-state index contributed by atoms with van der Waals surface area (Å²) in [6.45, 7) is 1.88. The van der Waals surface area contributed by atoms with Gasteiger partial charge in [-0.3, -0.25) is 4.79 Å². The van der Waals surface area contributed by atoms with E-state index >= 15 is 0 Å². The number of carbonyl (C=O) groups is 1. The molecule has 1 aromatic heterocycles. The number of methoxy groups -OCH3 is 2. The molecule has 1 atom stereocenters. The minimum atomic E-state index is -0.306. The van der Waals surface area contributed by atoms with E-state index in [9.17, 15) is 4.79 Å². The number of ether oxygens (including phenoxy) is 2. The molecule has 0 aliphatic rings. The van der Waals surface area contributed by atoms with Crippen LogP contribution in [0.25, 0.3) is 10.8 Å². The summed E-state index contributed by atoms with van der Waals surface area (Å²) < 4.78 is 10.4. The van der Waals surface area contributed by atoms with E-state index in [1.165, 1.54) is 0 Å². The first kappa shape index (κ1) is 16.8. The SMILES string of the molecule is COc1ccnc(NC(=O)[C@@H](C)c2ccc3cc(OC)ccc3c2)c1. The molecule has 0 unspecified atom stereocenters. The zero-order valence-electron chi connectivity index (χ0n) is 14.4. The largest absolute Gasteiger partial charge is 0.497 e. The second-order valence-corrected chi connectivity index (χ2v) is 5.76. The standard InChI is InChI=1S/C20H20N2O3/c1-13(20(23)22-19-12-18(25-3)8-9-21-19)14-4-5-16-11-17(24-2)7-6-15(16)10-14/h4-13H,1-3H3,(H,21,22,23)/t13-/m0/s1. The van der Waals surface area contributed by atoms with Crippen molar-refractivity contribution >= 4 is 22.5 Å². The number of carbonyl (C=O) groups excluding carboxylic acids is 1. The molecule has 25 heavy (non-hydrogen) atoms. The fourth-order valence-corrected chi connectivity index (χ4v) is 2.63. The lowest BCUT2D eigenvalue weighted by atomic mass is 9.97. The molecule has 5 heteroatoms. The van der Waals surface area contributed by atoms with Crippen LogP contribution in [0.2, 0.25) is 0 Å². The van der Waals surface area contributed by atoms with Crippen LogP contribution in [0.4, 0.5) is 5.82 Å². The number of hydrogen-bond acceptors (Lipinski definition) is 4. The summed E-state index contributed by atoms with van der Waals surface area (Å²) in [6.07, 6.45) is 1.60. The Labute approximate surface area is 146 Å². The molecule has 3 aromatic rings. The summed E-state index contributed by atoms with van der Waals surface area (Å²) in [7, 11) is 3.22. The van der Waals surface area contributed by atoms with Crippen molar-refractivity contribution in [3.05, 3.63) is 60.3 Å². The van der Waals surface area contributed by atoms with Crippen molar-refractivity contribution in [1.29, 1.82) is 0 Å². The quantitative estimate of drug-likeness (QED) is 0.765. The van der Waals surface area contributed by atoms with Gasteiger partial charge in [0, 0.05) is 12.3 Å². The van der Waals surface area contributed by atoms with Gasteiger partial charge in [-0.25, -0.2) is 4.98 Å². The first-order valence-electron chi connectivity index (χ1n) is 7.99. The van der Waals surface area contributed by atoms with Crippen molar-refractivity contribution in [3.8, 4) is 11.5 Å². The van der Waals surface area contributed by atoms with Crippen LogP contribution < -0.4 is 14.8 Å². The molecule has 0 aliphatic carbocycles. The van der Waals surface area contributed by atoms with E-state index in [1.54, 1.807) is 32.5 Å². The first-order valence-corrected chi connectivity index (χ1v) is 7.99. The molecular formula is C20H20N2O3. The maximum Gasteiger partial charge on any atom is 0.232 e. The van der Waals surface area contributed by atoms with Gasteiger partial charge < -0.3 is 14.8 Å². The van der Waals surface area contributed by atoms with Crippen LogP contribution in [0.5, 0.6) is 11.5 Å². The van der Waals surface area contributed by atoms with Crippen LogP contribution in [0.3, 0.4) is 0 Å². The molecular weight excluding hydrogens is 316 g/mol. The number of benzene rings is 2. The molecule has 0 saturated carbocycles. The van der Waals surface area contributed by atoms with E-state index in [-0.39, 0.29) is 11.8 Å². The molecule has 0 spiro atoms. The van der Waals surface area contributed by atoms with Crippen molar-refractivity contribution in [3.63, 3.8) is 0 Å². The van der Waals surface area contributed by atoms with Crippen LogP contribution >= 0.6 is 0 Å². The molecule has 1 amide bonds. The van der Waals surface area contributed by atoms with Crippen molar-refractivity contribution in [1.82, 2.24) is 4.98 Å². The zero-order valence-corrected chi connectivity index (χ0v) is 14.4. The first-order chi connectivity index (χ1) is 12.1. The Balaban J connectivity index is 1.80. The molecule has 2 aromatic carbocycles. The van der Waals surface area contributed by atoms with Crippen molar-refractivity contribution in [2.75, 3.05) is 19.5 Å². The van der Waals surface area contributed by atoms with E-state index in [2.05, 4.69) is 10.3 Å². The van der Waals surface area contributed by atoms with Gasteiger partial charge in [0.15, 0.2) is 0 Å². The Morgan fingerprint density at radius 1 is 0.960 bits per heavy atom. The topological polar surface area (TPSA) is 60.5 Å². The summed E-state index contributed by atoms with van der Waals surface area (Å²) in [5, 5.41) is 4.97. The number of pyridine rings is 1. The average Bonchev–Trinajstić information content (AvgIpc) is 2.66. The van der Waals surface area contributed by atoms with E-state index in [0.29, 0.717) is 11.6 Å². The molecule has 0 aliphatic heterocycles. The van der Waals surface area contributed by atoms with Crippen molar-refractivity contribution in [2.45, 2.75) is 12.8 Å². The molecule has 5 nitrogen and oxygen atoms in total. The third kappa shape index (κ3) is 3.71. The Bertz CT molecular complexity index is 908. The third-order valence-electron chi connectivity index (χ3n) is 4.18. The number of anilines is 1. The van der Waals surface area contributed by atoms with E-state index in [4.69, 9.17) is 9.47 Å². The van der Waals surface area contributed by atoms with Gasteiger partial charge in [0.05, 0.1) is 20.1 Å². The lowest BCUT2D eigenvalue weighted by molar-refractivity contribution is -0.117. The molecule has 1 heterocycles. The van der Waals surface area contributed by atoms with Crippen LogP contribution in [-0.4, -0.2) is 25.1 Å². The molecule has 0 saturated heterocycles. The highest BCUT2D eigenvalue weighted by Gasteiger charge is 2.16. The minimum absolute atomic E-state index is 0.117. The summed E-state index contributed by atoms with van der Waals surface area (Å²) in [4.78, 5) is 16.7. The maximum absolute atomic E-state index is 12.5. The van der Waals surface area contributed by atoms with Crippen LogP contribution in [0.15, 0.2) is 54.7 Å². The monoisotopic (exact) mass is 336 g/mol. The molecule has 0 bridgehead atoms. The predicted octanol–water partition coefficient (Wildman–Crippen LogP) is 3.99. The molecule has 0 radical (unpaired) electrons. The van der Waals surface area contributed by atoms with Gasteiger partial charge in [-0.1, -0.05) is 24.3 Å². The summed E-state index contributed by atoms with van der Waals surface area (Å²) in [5.41, 5.74) is 0.943. The number of amides is 1. The fraction of sp³-hybridized carbons (Fsp3) is 0.200. The second-order valence-electron chi connectivity index (χ2n) is 5.76. The Kier molecular flexibility index (Phi) is 4.84. The van der Waals surface area contributed by atoms with Gasteiger partial charge in [-0.05, 0) is 41.5 Å². The summed E-state index contributed by atoms with van der Waals surface area (Å²) >= 11 is 0. The van der Waals surface area contributed by atoms with Crippen LogP contribution in [0, 0.1) is 0 Å². The number of fused-ring (bicyclic) bond motifs is 1. The summed E-state index contributed by atoms with van der Waals surface area (Å²) in [5.74, 6) is 1.52. The minimum Gasteiger partial charge on any atom is -0.497 e. The molecule has 128 valence electrons. The highest BCUT2D eigenvalue weighted by molar-refractivity contribution is 5.96. The van der Waals surface area contributed by atoms with Gasteiger partial charge in [-0.15, -0.1) is 0 Å². The lowest BCUT2D eigenvalue weighted by Crippen LogP contribution is -2.19. The third-order valence-corrected chi connectivity index (χ3v) is 4.18. The normalized spacial score (nSPS) is 11.8. The zero-order chi connectivity index (χ0) is 17.8. The lowest BCUT2D eigenvalue weighted by Gasteiger charge is -2.13. The van der Waals surface area contributed by atoms with E-state index in [0.717, 1.165) is 22.1 Å². The molecule has 1 N–H and O–H groups in total. The molecule has 0 fully saturated rings. The van der Waals surface area contributed by atoms with E-state index < -0.39 is 0 Å². The van der Waals surface area contributed by atoms with Crippen LogP contribution in [0.1, 0.15) is 18.4 Å². The number of hydrogen-bond donors (Lipinski definition) is 1. The second kappa shape index (κ2) is 7.21. The van der Waals surface area contributed by atoms with Gasteiger partial charge in [-0.2, -0.15) is 0 Å². The van der Waals surface area contributed by atoms with Crippen molar-refractivity contribution < 1.29 is 14.3 Å². The van der Waals surface area contributed by atoms with Crippen molar-refractivity contribution in [2.24, 2.45) is 0 Å². The highest BCUT2D eigenvalue weighted by atomic mass is 16.5. The Morgan fingerprint density at radius 3 is 2.40 bits per heavy atom. The highest BCUT2D eigenvalue weighted by Crippen LogP contribution is 2.26. The van der Waals surface area contributed by atoms with Gasteiger partial charge >= 0.3 is 0 Å². The molecule has 3 rings (SSSR count). The van der Waals surface area contributed by atoms with Gasteiger partial charge in [0.1, 0.15) is 17.3 Å². The Morgan fingerprint density at radius 2 is 1.64 bits per heavy atom. The fourth-order valence-electron chi connectivity index (χ4n) is 2.63. The number of aromatic nitrogens is 1. The smallest absolute Gasteiger partial charge is 0.232 e. The van der Waals surface area contributed by atoms with E-state index in [1.807, 2.05) is 43.3 Å². The maximum atomic E-state index is 12.5. The number of rotatable bonds is 5. The number of nitrogens with one attached hydrogen (secondary N) is 1. The predicted molar refractivity (Wildman–Crippen MR) is 98.3 cm³/mol. The van der Waals surface area contributed by atoms with Gasteiger partial charge in [0.2, 0.25) is 5.91 Å². The number of nitrogens with zero attached hydrogens (tertiary/aromatic N) is 1. The van der Waals surface area contributed by atoms with Crippen LogP contribution in [-0.2, 0) is 4.79 Å².